The van der Waals surface area contributed by atoms with Gasteiger partial charge in [-0.15, -0.1) is 11.3 Å². The third kappa shape index (κ3) is 3.74. The highest BCUT2D eigenvalue weighted by molar-refractivity contribution is 7.17. The number of hydrogen-bond acceptors (Lipinski definition) is 3. The number of nitrogens with one attached hydrogen (secondary N) is 1. The summed E-state index contributed by atoms with van der Waals surface area (Å²) < 4.78 is 13.0. The van der Waals surface area contributed by atoms with E-state index in [4.69, 9.17) is 5.73 Å². The lowest BCUT2D eigenvalue weighted by molar-refractivity contribution is 0.1000. The Hall–Kier alpha value is -2.21. The Bertz CT molecular complexity index is 799. The van der Waals surface area contributed by atoms with Crippen molar-refractivity contribution in [2.45, 2.75) is 39.0 Å². The normalized spacial score (nSPS) is 16.3. The first-order valence-electron chi connectivity index (χ1n) is 8.50. The van der Waals surface area contributed by atoms with Crippen molar-refractivity contribution in [3.8, 4) is 0 Å². The number of hydrogen-bond donors (Lipinski definition) is 2. The lowest BCUT2D eigenvalue weighted by Crippen LogP contribution is -2.20. The minimum atomic E-state index is -0.513. The average Bonchev–Trinajstić information content (AvgIpc) is 2.92. The molecular weight excluding hydrogens is 339 g/mol. The molecule has 1 heterocycles. The Morgan fingerprint density at radius 1 is 1.32 bits per heavy atom. The largest absolute Gasteiger partial charge is 0.365 e. The summed E-state index contributed by atoms with van der Waals surface area (Å²) in [5.74, 6) is -0.660. The van der Waals surface area contributed by atoms with Gasteiger partial charge in [0.05, 0.1) is 5.56 Å². The molecule has 132 valence electrons. The van der Waals surface area contributed by atoms with Crippen LogP contribution in [0.25, 0.3) is 0 Å². The molecule has 3 rings (SSSR count). The van der Waals surface area contributed by atoms with Crippen molar-refractivity contribution in [1.82, 2.24) is 0 Å². The molecule has 1 atom stereocenters. The van der Waals surface area contributed by atoms with E-state index in [1.165, 1.54) is 42.0 Å². The van der Waals surface area contributed by atoms with Crippen LogP contribution in [0.5, 0.6) is 0 Å². The molecule has 25 heavy (non-hydrogen) atoms. The number of benzene rings is 1. The van der Waals surface area contributed by atoms with Gasteiger partial charge >= 0.3 is 0 Å². The summed E-state index contributed by atoms with van der Waals surface area (Å²) in [5, 5.41) is 3.29. The second-order valence-electron chi connectivity index (χ2n) is 6.43. The number of carbonyl (C=O) groups excluding carboxylic acids is 2. The molecule has 0 saturated heterocycles. The molecule has 0 fully saturated rings. The SMILES string of the molecule is CCC[C@H]1CCc2c(sc(NC(=O)c3ccc(F)cc3)c2C(N)=O)C1. The van der Waals surface area contributed by atoms with Crippen LogP contribution in [0.15, 0.2) is 24.3 Å². The number of rotatable bonds is 5. The fraction of sp³-hybridized carbons (Fsp3) is 0.368. The summed E-state index contributed by atoms with van der Waals surface area (Å²) in [6.07, 6.45) is 5.10. The Morgan fingerprint density at radius 3 is 2.68 bits per heavy atom. The predicted octanol–water partition coefficient (Wildman–Crippen LogP) is 4.14. The van der Waals surface area contributed by atoms with Crippen LogP contribution in [-0.4, -0.2) is 11.8 Å². The molecule has 2 aromatic rings. The van der Waals surface area contributed by atoms with Crippen LogP contribution in [0.2, 0.25) is 0 Å². The summed E-state index contributed by atoms with van der Waals surface area (Å²) in [6, 6.07) is 5.30. The summed E-state index contributed by atoms with van der Waals surface area (Å²) in [7, 11) is 0. The van der Waals surface area contributed by atoms with Crippen LogP contribution in [0.4, 0.5) is 9.39 Å². The Kier molecular flexibility index (Phi) is 5.18. The molecule has 1 aromatic heterocycles. The van der Waals surface area contributed by atoms with Gasteiger partial charge in [-0.25, -0.2) is 4.39 Å². The zero-order chi connectivity index (χ0) is 18.0. The van der Waals surface area contributed by atoms with Crippen LogP contribution >= 0.6 is 11.3 Å². The van der Waals surface area contributed by atoms with E-state index in [2.05, 4.69) is 12.2 Å². The van der Waals surface area contributed by atoms with Gasteiger partial charge in [0.2, 0.25) is 0 Å². The number of amides is 2. The molecule has 6 heteroatoms. The van der Waals surface area contributed by atoms with Gasteiger partial charge in [0.15, 0.2) is 0 Å². The van der Waals surface area contributed by atoms with E-state index in [0.717, 1.165) is 36.1 Å². The Balaban J connectivity index is 1.87. The molecule has 1 aromatic carbocycles. The van der Waals surface area contributed by atoms with Crippen molar-refractivity contribution in [3.63, 3.8) is 0 Å². The highest BCUT2D eigenvalue weighted by Crippen LogP contribution is 2.40. The monoisotopic (exact) mass is 360 g/mol. The Morgan fingerprint density at radius 2 is 2.04 bits per heavy atom. The van der Waals surface area contributed by atoms with Gasteiger partial charge in [0.1, 0.15) is 10.8 Å². The predicted molar refractivity (Wildman–Crippen MR) is 97.6 cm³/mol. The van der Waals surface area contributed by atoms with E-state index < -0.39 is 11.7 Å². The zero-order valence-corrected chi connectivity index (χ0v) is 14.9. The summed E-state index contributed by atoms with van der Waals surface area (Å²) in [5.41, 5.74) is 7.34. The van der Waals surface area contributed by atoms with Crippen LogP contribution < -0.4 is 11.1 Å². The van der Waals surface area contributed by atoms with Crippen LogP contribution in [0, 0.1) is 11.7 Å². The van der Waals surface area contributed by atoms with Crippen molar-refractivity contribution < 1.29 is 14.0 Å². The van der Waals surface area contributed by atoms with Gasteiger partial charge in [0, 0.05) is 10.4 Å². The maximum Gasteiger partial charge on any atom is 0.256 e. The molecule has 3 N–H and O–H groups in total. The van der Waals surface area contributed by atoms with Crippen LogP contribution in [0.1, 0.15) is 57.3 Å². The summed E-state index contributed by atoms with van der Waals surface area (Å²) >= 11 is 1.44. The number of halogens is 1. The van der Waals surface area contributed by atoms with Crippen molar-refractivity contribution in [2.75, 3.05) is 5.32 Å². The van der Waals surface area contributed by atoms with E-state index in [0.29, 0.717) is 22.0 Å². The molecule has 1 aliphatic carbocycles. The first-order valence-corrected chi connectivity index (χ1v) is 9.32. The highest BCUT2D eigenvalue weighted by atomic mass is 32.1. The highest BCUT2D eigenvalue weighted by Gasteiger charge is 2.28. The van der Waals surface area contributed by atoms with Gasteiger partial charge in [-0.3, -0.25) is 9.59 Å². The average molecular weight is 360 g/mol. The fourth-order valence-corrected chi connectivity index (χ4v) is 4.80. The standard InChI is InChI=1S/C19H21FN2O2S/c1-2-3-11-4-9-14-15(10-11)25-19(16(14)17(21)23)22-18(24)12-5-7-13(20)8-6-12/h5-8,11H,2-4,9-10H2,1H3,(H2,21,23)(H,22,24)/t11-/m0/s1. The fourth-order valence-electron chi connectivity index (χ4n) is 3.43. The molecule has 4 nitrogen and oxygen atoms in total. The number of fused-ring (bicyclic) bond motifs is 1. The van der Waals surface area contributed by atoms with E-state index in [-0.39, 0.29) is 5.91 Å². The number of primary amides is 1. The van der Waals surface area contributed by atoms with E-state index in [1.807, 2.05) is 0 Å². The maximum atomic E-state index is 13.0. The van der Waals surface area contributed by atoms with E-state index >= 15 is 0 Å². The van der Waals surface area contributed by atoms with E-state index in [9.17, 15) is 14.0 Å². The second kappa shape index (κ2) is 7.35. The van der Waals surface area contributed by atoms with Gasteiger partial charge in [-0.05, 0) is 55.0 Å². The number of thiophene rings is 1. The van der Waals surface area contributed by atoms with Gasteiger partial charge in [-0.2, -0.15) is 0 Å². The second-order valence-corrected chi connectivity index (χ2v) is 7.54. The lowest BCUT2D eigenvalue weighted by Gasteiger charge is -2.21. The van der Waals surface area contributed by atoms with Crippen molar-refractivity contribution >= 4 is 28.2 Å². The molecule has 0 spiro atoms. The number of anilines is 1. The smallest absolute Gasteiger partial charge is 0.256 e. The molecule has 1 aliphatic rings. The lowest BCUT2D eigenvalue weighted by atomic mass is 9.84. The molecule has 0 saturated carbocycles. The maximum absolute atomic E-state index is 13.0. The molecule has 0 radical (unpaired) electrons. The van der Waals surface area contributed by atoms with Gasteiger partial charge < -0.3 is 11.1 Å². The molecule has 0 unspecified atom stereocenters. The van der Waals surface area contributed by atoms with Crippen molar-refractivity contribution in [3.05, 3.63) is 51.7 Å². The first kappa shape index (κ1) is 17.6. The van der Waals surface area contributed by atoms with Gasteiger partial charge in [-0.1, -0.05) is 19.8 Å². The number of carbonyl (C=O) groups is 2. The Labute approximate surface area is 150 Å². The molecule has 0 aliphatic heterocycles. The third-order valence-electron chi connectivity index (χ3n) is 4.64. The summed E-state index contributed by atoms with van der Waals surface area (Å²) in [4.78, 5) is 25.5. The van der Waals surface area contributed by atoms with Gasteiger partial charge in [0.25, 0.3) is 11.8 Å². The third-order valence-corrected chi connectivity index (χ3v) is 5.81. The topological polar surface area (TPSA) is 72.2 Å². The van der Waals surface area contributed by atoms with Crippen LogP contribution in [-0.2, 0) is 12.8 Å². The summed E-state index contributed by atoms with van der Waals surface area (Å²) in [6.45, 7) is 2.17. The molecular formula is C19H21FN2O2S. The minimum absolute atomic E-state index is 0.340. The van der Waals surface area contributed by atoms with Crippen molar-refractivity contribution in [2.24, 2.45) is 11.7 Å². The first-order chi connectivity index (χ1) is 12.0. The minimum Gasteiger partial charge on any atom is -0.365 e. The number of nitrogens with two attached hydrogens (primary N) is 1. The molecule has 0 bridgehead atoms. The molecule has 2 amide bonds. The van der Waals surface area contributed by atoms with E-state index in [1.54, 1.807) is 0 Å². The van der Waals surface area contributed by atoms with Crippen molar-refractivity contribution in [1.29, 1.82) is 0 Å². The quantitative estimate of drug-likeness (QED) is 0.841. The van der Waals surface area contributed by atoms with Crippen LogP contribution in [0.3, 0.4) is 0 Å². The zero-order valence-electron chi connectivity index (χ0n) is 14.1.